The van der Waals surface area contributed by atoms with E-state index in [0.717, 1.165) is 27.4 Å². The summed E-state index contributed by atoms with van der Waals surface area (Å²) in [5, 5.41) is 18.9. The van der Waals surface area contributed by atoms with E-state index in [9.17, 15) is 9.50 Å². The van der Waals surface area contributed by atoms with Crippen molar-refractivity contribution in [3.8, 4) is 11.3 Å². The van der Waals surface area contributed by atoms with Crippen LogP contribution < -0.4 is 5.32 Å². The van der Waals surface area contributed by atoms with E-state index in [-0.39, 0.29) is 12.1 Å². The lowest BCUT2D eigenvalue weighted by molar-refractivity contribution is -0.0441. The highest BCUT2D eigenvalue weighted by atomic mass is 32.2. The zero-order chi connectivity index (χ0) is 23.7. The molecule has 34 heavy (non-hydrogen) atoms. The number of hydrogen-bond donors (Lipinski definition) is 2. The highest BCUT2D eigenvalue weighted by Gasteiger charge is 2.20. The van der Waals surface area contributed by atoms with Crippen molar-refractivity contribution in [2.24, 2.45) is 0 Å². The number of ether oxygens (including phenoxy) is 2. The Kier molecular flexibility index (Phi) is 6.26. The van der Waals surface area contributed by atoms with Crippen molar-refractivity contribution >= 4 is 23.1 Å². The monoisotopic (exact) mass is 480 g/mol. The van der Waals surface area contributed by atoms with Gasteiger partial charge in [0.15, 0.2) is 11.9 Å². The normalized spacial score (nSPS) is 14.7. The van der Waals surface area contributed by atoms with Crippen LogP contribution in [0.1, 0.15) is 25.7 Å². The molecule has 9 heteroatoms. The number of aliphatic hydroxyl groups is 1. The quantitative estimate of drug-likeness (QED) is 0.389. The van der Waals surface area contributed by atoms with Crippen molar-refractivity contribution in [1.29, 1.82) is 0 Å². The maximum absolute atomic E-state index is 13.7. The molecule has 0 amide bonds. The first-order valence-electron chi connectivity index (χ1n) is 11.0. The minimum atomic E-state index is -0.911. The molecule has 1 aliphatic rings. The van der Waals surface area contributed by atoms with Gasteiger partial charge in [-0.3, -0.25) is 0 Å². The van der Waals surface area contributed by atoms with Crippen LogP contribution >= 0.6 is 11.8 Å². The summed E-state index contributed by atoms with van der Waals surface area (Å²) in [5.41, 5.74) is 3.15. The molecule has 7 nitrogen and oxygen atoms in total. The Labute approximate surface area is 200 Å². The molecule has 0 atom stereocenters. The van der Waals surface area contributed by atoms with E-state index in [2.05, 4.69) is 10.3 Å². The van der Waals surface area contributed by atoms with Crippen LogP contribution in [-0.4, -0.2) is 45.1 Å². The average Bonchev–Trinajstić information content (AvgIpc) is 3.48. The summed E-state index contributed by atoms with van der Waals surface area (Å²) in [6.45, 7) is 4.98. The third kappa shape index (κ3) is 5.07. The topological polar surface area (TPSA) is 80.9 Å². The summed E-state index contributed by atoms with van der Waals surface area (Å²) < 4.78 is 26.7. The predicted octanol–water partition coefficient (Wildman–Crippen LogP) is 4.91. The summed E-state index contributed by atoms with van der Waals surface area (Å²) in [6, 6.07) is 16.2. The lowest BCUT2D eigenvalue weighted by atomic mass is 10.1. The molecule has 5 rings (SSSR count). The highest BCUT2D eigenvalue weighted by Crippen LogP contribution is 2.32. The fraction of sp³-hybridized carbons (Fsp3) is 0.280. The van der Waals surface area contributed by atoms with Gasteiger partial charge in [-0.2, -0.15) is 5.10 Å². The zero-order valence-corrected chi connectivity index (χ0v) is 19.7. The maximum atomic E-state index is 13.7. The van der Waals surface area contributed by atoms with Gasteiger partial charge in [-0.25, -0.2) is 13.9 Å². The number of nitrogens with one attached hydrogen (secondary N) is 1. The van der Waals surface area contributed by atoms with Gasteiger partial charge in [-0.1, -0.05) is 42.1 Å². The van der Waals surface area contributed by atoms with Crippen LogP contribution in [0.4, 0.5) is 10.1 Å². The minimum absolute atomic E-state index is 0.301. The molecule has 2 aromatic carbocycles. The Morgan fingerprint density at radius 1 is 1.15 bits per heavy atom. The van der Waals surface area contributed by atoms with Crippen LogP contribution in [0.15, 0.2) is 70.7 Å². The average molecular weight is 481 g/mol. The first-order chi connectivity index (χ1) is 16.4. The highest BCUT2D eigenvalue weighted by molar-refractivity contribution is 7.99. The van der Waals surface area contributed by atoms with Gasteiger partial charge in [0, 0.05) is 22.6 Å². The van der Waals surface area contributed by atoms with Gasteiger partial charge in [0.05, 0.1) is 36.4 Å². The number of imidazole rings is 1. The van der Waals surface area contributed by atoms with E-state index in [0.29, 0.717) is 30.4 Å². The molecule has 176 valence electrons. The zero-order valence-electron chi connectivity index (χ0n) is 18.9. The van der Waals surface area contributed by atoms with Gasteiger partial charge in [0.1, 0.15) is 10.8 Å². The first-order valence-corrected chi connectivity index (χ1v) is 11.8. The Morgan fingerprint density at radius 3 is 2.62 bits per heavy atom. The van der Waals surface area contributed by atoms with Gasteiger partial charge < -0.3 is 19.9 Å². The van der Waals surface area contributed by atoms with Gasteiger partial charge >= 0.3 is 0 Å². The van der Waals surface area contributed by atoms with E-state index in [1.165, 1.54) is 23.9 Å². The van der Waals surface area contributed by atoms with Crippen LogP contribution in [0.2, 0.25) is 0 Å². The Bertz CT molecular complexity index is 1300. The third-order valence-corrected chi connectivity index (χ3v) is 6.17. The van der Waals surface area contributed by atoms with E-state index in [4.69, 9.17) is 14.6 Å². The summed E-state index contributed by atoms with van der Waals surface area (Å²) in [6.07, 6.45) is 1.44. The molecule has 2 aromatic heterocycles. The SMILES string of the molecule is CC(C)(O)CNc1cc(Sc2cccc(F)c2)nn2c(-c3ccc(C4OCCO4)cc3)cnc12. The number of benzene rings is 2. The van der Waals surface area contributed by atoms with E-state index in [1.54, 1.807) is 30.6 Å². The van der Waals surface area contributed by atoms with Crippen molar-refractivity contribution in [3.05, 3.63) is 72.2 Å². The molecular formula is C25H25FN4O3S. The van der Waals surface area contributed by atoms with Crippen LogP contribution in [0.3, 0.4) is 0 Å². The van der Waals surface area contributed by atoms with Crippen molar-refractivity contribution in [2.45, 2.75) is 35.7 Å². The number of anilines is 1. The largest absolute Gasteiger partial charge is 0.389 e. The fourth-order valence-corrected chi connectivity index (χ4v) is 4.51. The molecular weight excluding hydrogens is 455 g/mol. The first kappa shape index (κ1) is 22.8. The molecule has 1 aliphatic heterocycles. The van der Waals surface area contributed by atoms with E-state index in [1.807, 2.05) is 36.4 Å². The molecule has 2 N–H and O–H groups in total. The van der Waals surface area contributed by atoms with Crippen LogP contribution in [-0.2, 0) is 9.47 Å². The molecule has 0 aliphatic carbocycles. The molecule has 3 heterocycles. The molecule has 1 saturated heterocycles. The van der Waals surface area contributed by atoms with E-state index < -0.39 is 5.60 Å². The number of halogens is 1. The molecule has 0 saturated carbocycles. The van der Waals surface area contributed by atoms with Crippen molar-refractivity contribution < 1.29 is 19.0 Å². The van der Waals surface area contributed by atoms with Crippen molar-refractivity contribution in [3.63, 3.8) is 0 Å². The van der Waals surface area contributed by atoms with Crippen LogP contribution in [0, 0.1) is 5.82 Å². The summed E-state index contributed by atoms with van der Waals surface area (Å²) in [4.78, 5) is 5.33. The molecule has 0 unspecified atom stereocenters. The number of fused-ring (bicyclic) bond motifs is 1. The van der Waals surface area contributed by atoms with Crippen LogP contribution in [0.5, 0.6) is 0 Å². The molecule has 0 bridgehead atoms. The smallest absolute Gasteiger partial charge is 0.184 e. The van der Waals surface area contributed by atoms with Gasteiger partial charge in [-0.05, 0) is 38.1 Å². The number of nitrogens with zero attached hydrogens (tertiary/aromatic N) is 3. The summed E-state index contributed by atoms with van der Waals surface area (Å²) >= 11 is 1.36. The molecule has 0 spiro atoms. The van der Waals surface area contributed by atoms with Gasteiger partial charge in [0.2, 0.25) is 0 Å². The van der Waals surface area contributed by atoms with E-state index >= 15 is 0 Å². The van der Waals surface area contributed by atoms with Crippen molar-refractivity contribution in [2.75, 3.05) is 25.1 Å². The number of rotatable bonds is 7. The Morgan fingerprint density at radius 2 is 1.91 bits per heavy atom. The van der Waals surface area contributed by atoms with Crippen molar-refractivity contribution in [1.82, 2.24) is 14.6 Å². The second-order valence-corrected chi connectivity index (χ2v) is 9.79. The fourth-order valence-electron chi connectivity index (χ4n) is 3.65. The molecule has 4 aromatic rings. The standard InChI is InChI=1S/C25H25FN4O3S/c1-25(2,31)15-28-20-13-22(34-19-5-3-4-18(26)12-19)29-30-21(14-27-23(20)30)16-6-8-17(9-7-16)24-32-10-11-33-24/h3-9,12-14,24,28,31H,10-11,15H2,1-2H3. The molecule has 0 radical (unpaired) electrons. The number of hydrogen-bond acceptors (Lipinski definition) is 7. The molecule has 1 fully saturated rings. The van der Waals surface area contributed by atoms with Crippen LogP contribution in [0.25, 0.3) is 16.9 Å². The van der Waals surface area contributed by atoms with Gasteiger partial charge in [0.25, 0.3) is 0 Å². The number of aromatic nitrogens is 3. The Balaban J connectivity index is 1.53. The lowest BCUT2D eigenvalue weighted by Crippen LogP contribution is -2.29. The Hall–Kier alpha value is -2.98. The second-order valence-electron chi connectivity index (χ2n) is 8.70. The predicted molar refractivity (Wildman–Crippen MR) is 128 cm³/mol. The minimum Gasteiger partial charge on any atom is -0.389 e. The maximum Gasteiger partial charge on any atom is 0.184 e. The third-order valence-electron chi connectivity index (χ3n) is 5.28. The summed E-state index contributed by atoms with van der Waals surface area (Å²) in [5.74, 6) is -0.301. The lowest BCUT2D eigenvalue weighted by Gasteiger charge is -2.19. The van der Waals surface area contributed by atoms with Gasteiger partial charge in [-0.15, -0.1) is 0 Å². The summed E-state index contributed by atoms with van der Waals surface area (Å²) in [7, 11) is 0. The second kappa shape index (κ2) is 9.34.